The van der Waals surface area contributed by atoms with Crippen molar-refractivity contribution >= 4 is 32.8 Å². The third-order valence-electron chi connectivity index (χ3n) is 2.36. The fraction of sp³-hybridized carbons (Fsp3) is 0.182. The molecule has 2 aromatic rings. The van der Waals surface area contributed by atoms with Gasteiger partial charge in [-0.15, -0.1) is 0 Å². The number of carbonyl (C=O) groups is 1. The van der Waals surface area contributed by atoms with Gasteiger partial charge in [-0.05, 0) is 34.1 Å². The summed E-state index contributed by atoms with van der Waals surface area (Å²) in [5, 5.41) is 0.692. The lowest BCUT2D eigenvalue weighted by Gasteiger charge is -1.99. The highest BCUT2D eigenvalue weighted by molar-refractivity contribution is 9.10. The third kappa shape index (κ3) is 1.95. The molecule has 16 heavy (non-hydrogen) atoms. The normalized spacial score (nSPS) is 10.7. The maximum Gasteiger partial charge on any atom is 0.310 e. The van der Waals surface area contributed by atoms with Crippen molar-refractivity contribution in [3.8, 4) is 0 Å². The molecule has 0 amide bonds. The monoisotopic (exact) mass is 285 g/mol. The smallest absolute Gasteiger partial charge is 0.310 e. The van der Waals surface area contributed by atoms with Crippen LogP contribution in [0, 0.1) is 5.82 Å². The predicted molar refractivity (Wildman–Crippen MR) is 61.7 cm³/mol. The predicted octanol–water partition coefficient (Wildman–Crippen LogP) is 2.79. The topological polar surface area (TPSA) is 42.1 Å². The van der Waals surface area contributed by atoms with Gasteiger partial charge in [0.15, 0.2) is 0 Å². The van der Waals surface area contributed by atoms with E-state index in [0.717, 1.165) is 5.52 Å². The second-order valence-electron chi connectivity index (χ2n) is 3.36. The van der Waals surface area contributed by atoms with Gasteiger partial charge in [-0.1, -0.05) is 0 Å². The van der Waals surface area contributed by atoms with Crippen LogP contribution < -0.4 is 0 Å². The zero-order chi connectivity index (χ0) is 11.7. The molecule has 0 bridgehead atoms. The van der Waals surface area contributed by atoms with Crippen LogP contribution >= 0.6 is 15.9 Å². The lowest BCUT2D eigenvalue weighted by atomic mass is 10.1. The fourth-order valence-electron chi connectivity index (χ4n) is 1.58. The largest absolute Gasteiger partial charge is 0.469 e. The molecule has 0 spiro atoms. The molecule has 0 aliphatic heterocycles. The SMILES string of the molecule is COC(=O)Cc1c(Br)[nH]c2ccc(F)cc12. The van der Waals surface area contributed by atoms with Crippen molar-refractivity contribution in [1.29, 1.82) is 0 Å². The van der Waals surface area contributed by atoms with E-state index in [1.165, 1.54) is 19.2 Å². The van der Waals surface area contributed by atoms with E-state index in [4.69, 9.17) is 0 Å². The molecule has 5 heteroatoms. The van der Waals surface area contributed by atoms with Gasteiger partial charge in [-0.25, -0.2) is 4.39 Å². The number of esters is 1. The Kier molecular flexibility index (Phi) is 2.96. The lowest BCUT2D eigenvalue weighted by molar-refractivity contribution is -0.139. The van der Waals surface area contributed by atoms with Crippen LogP contribution in [0.1, 0.15) is 5.56 Å². The van der Waals surface area contributed by atoms with Gasteiger partial charge in [0.25, 0.3) is 0 Å². The second-order valence-corrected chi connectivity index (χ2v) is 4.15. The number of halogens is 2. The average molecular weight is 286 g/mol. The summed E-state index contributed by atoms with van der Waals surface area (Å²) in [6.45, 7) is 0. The van der Waals surface area contributed by atoms with E-state index in [0.29, 0.717) is 15.6 Å². The summed E-state index contributed by atoms with van der Waals surface area (Å²) in [5.74, 6) is -0.684. The molecule has 1 N–H and O–H groups in total. The van der Waals surface area contributed by atoms with Crippen LogP contribution in [0.5, 0.6) is 0 Å². The number of hydrogen-bond acceptors (Lipinski definition) is 2. The number of nitrogens with one attached hydrogen (secondary N) is 1. The lowest BCUT2D eigenvalue weighted by Crippen LogP contribution is -2.04. The maximum atomic E-state index is 13.1. The molecule has 0 radical (unpaired) electrons. The van der Waals surface area contributed by atoms with E-state index >= 15 is 0 Å². The van der Waals surface area contributed by atoms with E-state index < -0.39 is 0 Å². The molecule has 0 fully saturated rings. The molecular weight excluding hydrogens is 277 g/mol. The number of rotatable bonds is 2. The summed E-state index contributed by atoms with van der Waals surface area (Å²) in [4.78, 5) is 14.2. The van der Waals surface area contributed by atoms with Crippen molar-refractivity contribution in [1.82, 2.24) is 4.98 Å². The summed E-state index contributed by atoms with van der Waals surface area (Å²) in [6, 6.07) is 4.40. The van der Waals surface area contributed by atoms with E-state index in [2.05, 4.69) is 25.7 Å². The van der Waals surface area contributed by atoms with Crippen molar-refractivity contribution in [3.63, 3.8) is 0 Å². The van der Waals surface area contributed by atoms with Crippen LogP contribution in [0.15, 0.2) is 22.8 Å². The number of benzene rings is 1. The number of H-pyrrole nitrogens is 1. The van der Waals surface area contributed by atoms with Gasteiger partial charge in [0.2, 0.25) is 0 Å². The first-order valence-electron chi connectivity index (χ1n) is 4.64. The summed E-state index contributed by atoms with van der Waals surface area (Å²) in [5.41, 5.74) is 1.49. The first-order valence-corrected chi connectivity index (χ1v) is 5.43. The highest BCUT2D eigenvalue weighted by atomic mass is 79.9. The molecule has 0 aliphatic carbocycles. The Bertz CT molecular complexity index is 550. The highest BCUT2D eigenvalue weighted by Gasteiger charge is 2.14. The Morgan fingerprint density at radius 1 is 1.56 bits per heavy atom. The summed E-state index contributed by atoms with van der Waals surface area (Å²) in [6.07, 6.45) is 0.112. The highest BCUT2D eigenvalue weighted by Crippen LogP contribution is 2.27. The van der Waals surface area contributed by atoms with Crippen LogP contribution in [0.3, 0.4) is 0 Å². The van der Waals surface area contributed by atoms with E-state index in [-0.39, 0.29) is 18.2 Å². The number of aromatic nitrogens is 1. The zero-order valence-corrected chi connectivity index (χ0v) is 10.1. The minimum absolute atomic E-state index is 0.112. The van der Waals surface area contributed by atoms with Crippen molar-refractivity contribution in [2.45, 2.75) is 6.42 Å². The van der Waals surface area contributed by atoms with Crippen molar-refractivity contribution in [2.75, 3.05) is 7.11 Å². The average Bonchev–Trinajstić information content (AvgIpc) is 2.55. The van der Waals surface area contributed by atoms with Gasteiger partial charge in [0.1, 0.15) is 5.82 Å². The molecule has 1 heterocycles. The van der Waals surface area contributed by atoms with E-state index in [9.17, 15) is 9.18 Å². The van der Waals surface area contributed by atoms with E-state index in [1.807, 2.05) is 0 Å². The summed E-state index contributed by atoms with van der Waals surface area (Å²) < 4.78 is 18.4. The molecule has 1 aromatic carbocycles. The van der Waals surface area contributed by atoms with Crippen molar-refractivity contribution in [2.24, 2.45) is 0 Å². The Labute approximate surface area is 99.7 Å². The van der Waals surface area contributed by atoms with Gasteiger partial charge < -0.3 is 9.72 Å². The molecule has 0 saturated heterocycles. The number of methoxy groups -OCH3 is 1. The Morgan fingerprint density at radius 3 is 3.00 bits per heavy atom. The molecular formula is C11H9BrFNO2. The number of fused-ring (bicyclic) bond motifs is 1. The molecule has 0 unspecified atom stereocenters. The van der Waals surface area contributed by atoms with Crippen LogP contribution in [0.4, 0.5) is 4.39 Å². The Balaban J connectivity index is 2.54. The number of carbonyl (C=O) groups excluding carboxylic acids is 1. The van der Waals surface area contributed by atoms with Gasteiger partial charge >= 0.3 is 5.97 Å². The van der Waals surface area contributed by atoms with E-state index in [1.54, 1.807) is 6.07 Å². The number of ether oxygens (including phenoxy) is 1. The molecule has 3 nitrogen and oxygen atoms in total. The van der Waals surface area contributed by atoms with Crippen LogP contribution in [0.25, 0.3) is 10.9 Å². The van der Waals surface area contributed by atoms with Crippen molar-refractivity contribution in [3.05, 3.63) is 34.2 Å². The molecule has 0 saturated carbocycles. The van der Waals surface area contributed by atoms with Crippen LogP contribution in [-0.4, -0.2) is 18.1 Å². The summed E-state index contributed by atoms with van der Waals surface area (Å²) >= 11 is 3.31. The number of hydrogen-bond donors (Lipinski definition) is 1. The molecule has 0 atom stereocenters. The molecule has 84 valence electrons. The maximum absolute atomic E-state index is 13.1. The zero-order valence-electron chi connectivity index (χ0n) is 8.51. The number of aromatic amines is 1. The van der Waals surface area contributed by atoms with Gasteiger partial charge in [0, 0.05) is 16.5 Å². The third-order valence-corrected chi connectivity index (χ3v) is 3.04. The fourth-order valence-corrected chi connectivity index (χ4v) is 2.14. The first-order chi connectivity index (χ1) is 7.61. The molecule has 0 aliphatic rings. The molecule has 2 rings (SSSR count). The first kappa shape index (κ1) is 11.1. The Morgan fingerprint density at radius 2 is 2.31 bits per heavy atom. The Hall–Kier alpha value is -1.36. The van der Waals surface area contributed by atoms with Crippen LogP contribution in [0.2, 0.25) is 0 Å². The second kappa shape index (κ2) is 4.25. The van der Waals surface area contributed by atoms with Gasteiger partial charge in [-0.3, -0.25) is 4.79 Å². The van der Waals surface area contributed by atoms with Crippen molar-refractivity contribution < 1.29 is 13.9 Å². The summed E-state index contributed by atoms with van der Waals surface area (Å²) in [7, 11) is 1.33. The minimum Gasteiger partial charge on any atom is -0.469 e. The molecule has 1 aromatic heterocycles. The van der Waals surface area contributed by atoms with Crippen LogP contribution in [-0.2, 0) is 16.0 Å². The van der Waals surface area contributed by atoms with Gasteiger partial charge in [0.05, 0.1) is 18.1 Å². The minimum atomic E-state index is -0.356. The quantitative estimate of drug-likeness (QED) is 0.862. The standard InChI is InChI=1S/C11H9BrFNO2/c1-16-10(15)5-8-7-4-6(13)2-3-9(7)14-11(8)12/h2-4,14H,5H2,1H3. The van der Waals surface area contributed by atoms with Gasteiger partial charge in [-0.2, -0.15) is 0 Å².